The topological polar surface area (TPSA) is 60.5 Å². The Morgan fingerprint density at radius 3 is 2.48 bits per heavy atom. The molecule has 2 aromatic heterocycles. The van der Waals surface area contributed by atoms with E-state index in [1.807, 2.05) is 32.0 Å². The molecule has 3 heterocycles. The maximum absolute atomic E-state index is 13.1. The predicted molar refractivity (Wildman–Crippen MR) is 102 cm³/mol. The third-order valence-corrected chi connectivity index (χ3v) is 4.73. The zero-order valence-electron chi connectivity index (χ0n) is 15.1. The summed E-state index contributed by atoms with van der Waals surface area (Å²) in [6.45, 7) is 5.03. The molecule has 0 radical (unpaired) electrons. The summed E-state index contributed by atoms with van der Waals surface area (Å²) < 4.78 is 13.0. The van der Waals surface area contributed by atoms with Gasteiger partial charge in [0, 0.05) is 24.2 Å². The van der Waals surface area contributed by atoms with Crippen LogP contribution in [0, 0.1) is 0 Å². The van der Waals surface area contributed by atoms with Crippen LogP contribution in [0.25, 0.3) is 17.1 Å². The van der Waals surface area contributed by atoms with E-state index in [0.29, 0.717) is 35.3 Å². The average molecular weight is 386 g/mol. The fraction of sp³-hybridized carbons (Fsp3) is 0.300. The summed E-state index contributed by atoms with van der Waals surface area (Å²) >= 11 is 6.00. The van der Waals surface area contributed by atoms with Crippen molar-refractivity contribution in [1.82, 2.24) is 14.7 Å². The van der Waals surface area contributed by atoms with Crippen LogP contribution in [0.15, 0.2) is 53.1 Å². The van der Waals surface area contributed by atoms with Crippen molar-refractivity contribution in [1.29, 1.82) is 0 Å². The summed E-state index contributed by atoms with van der Waals surface area (Å²) in [4.78, 5) is 14.8. The highest BCUT2D eigenvalue weighted by molar-refractivity contribution is 6.30. The second-order valence-corrected chi connectivity index (χ2v) is 7.18. The van der Waals surface area contributed by atoms with Crippen LogP contribution in [0.4, 0.5) is 0 Å². The number of carbonyl (C=O) groups excluding carboxylic acids is 1. The van der Waals surface area contributed by atoms with E-state index in [2.05, 4.69) is 5.10 Å². The lowest BCUT2D eigenvalue weighted by molar-refractivity contribution is -0.0587. The molecule has 140 valence electrons. The van der Waals surface area contributed by atoms with Crippen LogP contribution in [-0.2, 0) is 4.74 Å². The highest BCUT2D eigenvalue weighted by Crippen LogP contribution is 2.26. The molecule has 0 spiro atoms. The van der Waals surface area contributed by atoms with Gasteiger partial charge in [0.15, 0.2) is 11.5 Å². The zero-order chi connectivity index (χ0) is 19.0. The van der Waals surface area contributed by atoms with Crippen LogP contribution in [0.3, 0.4) is 0 Å². The van der Waals surface area contributed by atoms with Crippen molar-refractivity contribution in [2.75, 3.05) is 13.1 Å². The monoisotopic (exact) mass is 385 g/mol. The number of nitrogens with zero attached hydrogens (tertiary/aromatic N) is 3. The molecule has 0 aliphatic carbocycles. The second kappa shape index (κ2) is 7.21. The molecule has 7 heteroatoms. The van der Waals surface area contributed by atoms with Crippen molar-refractivity contribution in [2.45, 2.75) is 26.1 Å². The molecule has 1 amide bonds. The number of amides is 1. The summed E-state index contributed by atoms with van der Waals surface area (Å²) in [7, 11) is 0. The number of furan rings is 1. The quantitative estimate of drug-likeness (QED) is 0.682. The molecule has 2 unspecified atom stereocenters. The number of hydrogen-bond donors (Lipinski definition) is 0. The first-order valence-electron chi connectivity index (χ1n) is 8.86. The number of benzene rings is 1. The van der Waals surface area contributed by atoms with Gasteiger partial charge in [-0.3, -0.25) is 4.79 Å². The fourth-order valence-electron chi connectivity index (χ4n) is 3.37. The SMILES string of the molecule is CC1CN(C(=O)c2cc(-c3ccco3)n(-c3ccc(Cl)cc3)n2)CC(C)O1. The number of ether oxygens (including phenoxy) is 1. The minimum Gasteiger partial charge on any atom is -0.463 e. The first kappa shape index (κ1) is 17.8. The molecule has 4 rings (SSSR count). The van der Waals surface area contributed by atoms with Gasteiger partial charge in [0.05, 0.1) is 24.2 Å². The summed E-state index contributed by atoms with van der Waals surface area (Å²) in [5.74, 6) is 0.526. The van der Waals surface area contributed by atoms with Crippen molar-refractivity contribution in [3.05, 3.63) is 59.4 Å². The summed E-state index contributed by atoms with van der Waals surface area (Å²) in [6.07, 6.45) is 1.60. The van der Waals surface area contributed by atoms with Crippen molar-refractivity contribution in [3.63, 3.8) is 0 Å². The third-order valence-electron chi connectivity index (χ3n) is 4.48. The second-order valence-electron chi connectivity index (χ2n) is 6.75. The molecule has 0 N–H and O–H groups in total. The number of morpholine rings is 1. The highest BCUT2D eigenvalue weighted by atomic mass is 35.5. The average Bonchev–Trinajstić information content (AvgIpc) is 3.30. The van der Waals surface area contributed by atoms with Crippen LogP contribution in [0.5, 0.6) is 0 Å². The van der Waals surface area contributed by atoms with E-state index >= 15 is 0 Å². The maximum Gasteiger partial charge on any atom is 0.274 e. The number of rotatable bonds is 3. The predicted octanol–water partition coefficient (Wildman–Crippen LogP) is 4.04. The Bertz CT molecular complexity index is 924. The van der Waals surface area contributed by atoms with Crippen molar-refractivity contribution >= 4 is 17.5 Å². The molecule has 6 nitrogen and oxygen atoms in total. The van der Waals surface area contributed by atoms with E-state index in [-0.39, 0.29) is 18.1 Å². The van der Waals surface area contributed by atoms with Gasteiger partial charge < -0.3 is 14.1 Å². The smallest absolute Gasteiger partial charge is 0.274 e. The van der Waals surface area contributed by atoms with Crippen molar-refractivity contribution < 1.29 is 13.9 Å². The van der Waals surface area contributed by atoms with Gasteiger partial charge in [-0.25, -0.2) is 4.68 Å². The van der Waals surface area contributed by atoms with Gasteiger partial charge in [-0.05, 0) is 50.2 Å². The standard InChI is InChI=1S/C20H20ClN3O3/c1-13-11-23(12-14(2)27-13)20(25)17-10-18(19-4-3-9-26-19)24(22-17)16-7-5-15(21)6-8-16/h3-10,13-14H,11-12H2,1-2H3. The largest absolute Gasteiger partial charge is 0.463 e. The molecule has 1 aliphatic heterocycles. The van der Waals surface area contributed by atoms with E-state index in [0.717, 1.165) is 5.69 Å². The first-order chi connectivity index (χ1) is 13.0. The van der Waals surface area contributed by atoms with Crippen LogP contribution in [0.2, 0.25) is 5.02 Å². The van der Waals surface area contributed by atoms with Crippen LogP contribution >= 0.6 is 11.6 Å². The fourth-order valence-corrected chi connectivity index (χ4v) is 3.50. The molecular formula is C20H20ClN3O3. The Morgan fingerprint density at radius 2 is 1.85 bits per heavy atom. The van der Waals surface area contributed by atoms with E-state index in [1.165, 1.54) is 0 Å². The van der Waals surface area contributed by atoms with Crippen molar-refractivity contribution in [3.8, 4) is 17.1 Å². The molecule has 0 bridgehead atoms. The Hall–Kier alpha value is -2.57. The third kappa shape index (κ3) is 3.63. The summed E-state index contributed by atoms with van der Waals surface area (Å²) in [6, 6.07) is 12.7. The molecule has 27 heavy (non-hydrogen) atoms. The highest BCUT2D eigenvalue weighted by Gasteiger charge is 2.29. The molecular weight excluding hydrogens is 366 g/mol. The van der Waals surface area contributed by atoms with E-state index in [1.54, 1.807) is 40.1 Å². The summed E-state index contributed by atoms with van der Waals surface area (Å²) in [5, 5.41) is 5.21. The van der Waals surface area contributed by atoms with Crippen LogP contribution in [-0.4, -0.2) is 45.9 Å². The lowest BCUT2D eigenvalue weighted by atomic mass is 10.2. The molecule has 0 saturated carbocycles. The molecule has 1 fully saturated rings. The van der Waals surface area contributed by atoms with Gasteiger partial charge in [-0.1, -0.05) is 11.6 Å². The lowest BCUT2D eigenvalue weighted by Crippen LogP contribution is -2.48. The van der Waals surface area contributed by atoms with E-state index in [9.17, 15) is 4.79 Å². The Labute approximate surface area is 162 Å². The number of carbonyl (C=O) groups is 1. The minimum atomic E-state index is -0.113. The zero-order valence-corrected chi connectivity index (χ0v) is 15.9. The maximum atomic E-state index is 13.1. The Balaban J connectivity index is 1.73. The van der Waals surface area contributed by atoms with Gasteiger partial charge in [-0.2, -0.15) is 5.10 Å². The van der Waals surface area contributed by atoms with Gasteiger partial charge in [-0.15, -0.1) is 0 Å². The summed E-state index contributed by atoms with van der Waals surface area (Å²) in [5.41, 5.74) is 1.88. The molecule has 2 atom stereocenters. The van der Waals surface area contributed by atoms with Crippen LogP contribution < -0.4 is 0 Å². The Kier molecular flexibility index (Phi) is 4.76. The minimum absolute atomic E-state index is 0.000551. The van der Waals surface area contributed by atoms with Gasteiger partial charge in [0.2, 0.25) is 0 Å². The van der Waals surface area contributed by atoms with Crippen LogP contribution in [0.1, 0.15) is 24.3 Å². The van der Waals surface area contributed by atoms with E-state index < -0.39 is 0 Å². The van der Waals surface area contributed by atoms with E-state index in [4.69, 9.17) is 20.8 Å². The Morgan fingerprint density at radius 1 is 1.15 bits per heavy atom. The number of hydrogen-bond acceptors (Lipinski definition) is 4. The molecule has 3 aromatic rings. The van der Waals surface area contributed by atoms with Gasteiger partial charge in [0.1, 0.15) is 5.69 Å². The van der Waals surface area contributed by atoms with Crippen molar-refractivity contribution in [2.24, 2.45) is 0 Å². The normalized spacial score (nSPS) is 20.0. The molecule has 1 aromatic carbocycles. The number of halogens is 1. The molecule has 1 aliphatic rings. The molecule has 1 saturated heterocycles. The lowest BCUT2D eigenvalue weighted by Gasteiger charge is -2.34. The first-order valence-corrected chi connectivity index (χ1v) is 9.23. The van der Waals surface area contributed by atoms with Gasteiger partial charge >= 0.3 is 0 Å². The van der Waals surface area contributed by atoms with Gasteiger partial charge in [0.25, 0.3) is 5.91 Å². The number of aromatic nitrogens is 2.